The number of aryl methyl sites for hydroxylation is 1. The second-order valence-corrected chi connectivity index (χ2v) is 6.32. The van der Waals surface area contributed by atoms with Gasteiger partial charge < -0.3 is 4.74 Å². The van der Waals surface area contributed by atoms with Crippen LogP contribution in [0.4, 0.5) is 13.2 Å². The van der Waals surface area contributed by atoms with Crippen molar-refractivity contribution in [3.05, 3.63) is 40.4 Å². The van der Waals surface area contributed by atoms with Gasteiger partial charge in [0.25, 0.3) is 0 Å². The van der Waals surface area contributed by atoms with E-state index in [0.717, 1.165) is 23.5 Å². The van der Waals surface area contributed by atoms with Crippen LogP contribution in [0, 0.1) is 0 Å². The summed E-state index contributed by atoms with van der Waals surface area (Å²) in [5.41, 5.74) is 0.402. The molecule has 0 fully saturated rings. The highest BCUT2D eigenvalue weighted by Gasteiger charge is 2.30. The van der Waals surface area contributed by atoms with Gasteiger partial charge in [-0.1, -0.05) is 28.1 Å². The second kappa shape index (κ2) is 7.44. The molecular weight excluding hydrogens is 395 g/mol. The quantitative estimate of drug-likeness (QED) is 0.520. The molecule has 23 heavy (non-hydrogen) atoms. The first-order valence-electron chi connectivity index (χ1n) is 6.77. The number of esters is 1. The van der Waals surface area contributed by atoms with E-state index in [-0.39, 0.29) is 6.61 Å². The number of carbonyl (C=O) groups excluding carboxylic acids is 1. The normalized spacial score (nSPS) is 11.5. The molecule has 1 heterocycles. The molecule has 0 unspecified atom stereocenters. The molecule has 0 aliphatic heterocycles. The molecule has 8 heteroatoms. The summed E-state index contributed by atoms with van der Waals surface area (Å²) < 4.78 is 42.8. The maximum absolute atomic E-state index is 12.6. The van der Waals surface area contributed by atoms with Crippen molar-refractivity contribution in [2.24, 2.45) is 0 Å². The maximum Gasteiger partial charge on any atom is 0.416 e. The Kier molecular flexibility index (Phi) is 5.80. The van der Waals surface area contributed by atoms with E-state index in [1.807, 2.05) is 0 Å². The number of rotatable bonds is 5. The average molecular weight is 408 g/mol. The van der Waals surface area contributed by atoms with E-state index in [1.165, 1.54) is 12.1 Å². The Morgan fingerprint density at radius 2 is 1.96 bits per heavy atom. The molecule has 0 N–H and O–H groups in total. The number of hydrogen-bond acceptors (Lipinski definition) is 4. The van der Waals surface area contributed by atoms with Crippen LogP contribution in [0.15, 0.2) is 24.3 Å². The molecule has 0 amide bonds. The number of ether oxygens (including phenoxy) is 1. The molecule has 0 saturated heterocycles. The monoisotopic (exact) mass is 407 g/mol. The predicted molar refractivity (Wildman–Crippen MR) is 86.0 cm³/mol. The molecule has 1 aromatic heterocycles. The number of halogens is 4. The van der Waals surface area contributed by atoms with Gasteiger partial charge in [-0.3, -0.25) is 0 Å². The van der Waals surface area contributed by atoms with Crippen molar-refractivity contribution >= 4 is 33.2 Å². The van der Waals surface area contributed by atoms with Crippen LogP contribution in [0.2, 0.25) is 0 Å². The van der Waals surface area contributed by atoms with Gasteiger partial charge in [0, 0.05) is 17.3 Å². The van der Waals surface area contributed by atoms with Crippen LogP contribution in [0.1, 0.15) is 27.9 Å². The van der Waals surface area contributed by atoms with E-state index < -0.39 is 17.7 Å². The van der Waals surface area contributed by atoms with Crippen LogP contribution in [-0.2, 0) is 17.3 Å². The van der Waals surface area contributed by atoms with Crippen molar-refractivity contribution < 1.29 is 22.7 Å². The standard InChI is InChI=1S/C15H13BrF3NO2S/c1-2-22-14(21)12-11(7-8-16)20-13(23-12)9-3-5-10(6-4-9)15(17,18)19/h3-6H,2,7-8H2,1H3. The Bertz CT molecular complexity index is 683. The lowest BCUT2D eigenvalue weighted by molar-refractivity contribution is -0.137. The summed E-state index contributed by atoms with van der Waals surface area (Å²) in [6, 6.07) is 4.72. The molecule has 2 aromatic rings. The fourth-order valence-corrected chi connectivity index (χ4v) is 3.28. The van der Waals surface area contributed by atoms with Gasteiger partial charge >= 0.3 is 12.1 Å². The summed E-state index contributed by atoms with van der Waals surface area (Å²) in [7, 11) is 0. The Hall–Kier alpha value is -1.41. The molecule has 0 aliphatic carbocycles. The molecule has 0 spiro atoms. The number of nitrogens with zero attached hydrogens (tertiary/aromatic N) is 1. The third-order valence-electron chi connectivity index (χ3n) is 2.95. The second-order valence-electron chi connectivity index (χ2n) is 4.53. The number of thiazole rings is 1. The smallest absolute Gasteiger partial charge is 0.416 e. The number of aromatic nitrogens is 1. The topological polar surface area (TPSA) is 39.2 Å². The minimum atomic E-state index is -4.38. The summed E-state index contributed by atoms with van der Waals surface area (Å²) in [6.45, 7) is 1.96. The summed E-state index contributed by atoms with van der Waals surface area (Å²) in [5, 5.41) is 1.12. The van der Waals surface area contributed by atoms with Gasteiger partial charge in [0.15, 0.2) is 0 Å². The third kappa shape index (κ3) is 4.32. The molecule has 0 bridgehead atoms. The summed E-state index contributed by atoms with van der Waals surface area (Å²) in [5.74, 6) is -0.459. The lowest BCUT2D eigenvalue weighted by Gasteiger charge is -2.06. The Morgan fingerprint density at radius 1 is 1.30 bits per heavy atom. The Balaban J connectivity index is 2.36. The largest absolute Gasteiger partial charge is 0.462 e. The number of benzene rings is 1. The molecule has 3 nitrogen and oxygen atoms in total. The summed E-state index contributed by atoms with van der Waals surface area (Å²) >= 11 is 4.42. The molecule has 124 valence electrons. The molecule has 2 rings (SSSR count). The van der Waals surface area contributed by atoms with Crippen molar-refractivity contribution in [3.8, 4) is 10.6 Å². The van der Waals surface area contributed by atoms with Crippen molar-refractivity contribution in [2.45, 2.75) is 19.5 Å². The first kappa shape index (κ1) is 17.9. The highest BCUT2D eigenvalue weighted by molar-refractivity contribution is 9.09. The van der Waals surface area contributed by atoms with Gasteiger partial charge in [0.05, 0.1) is 17.9 Å². The first-order chi connectivity index (χ1) is 10.9. The summed E-state index contributed by atoms with van der Waals surface area (Å²) in [4.78, 5) is 16.7. The number of alkyl halides is 4. The van der Waals surface area contributed by atoms with Crippen molar-refractivity contribution in [2.75, 3.05) is 11.9 Å². The zero-order chi connectivity index (χ0) is 17.0. The lowest BCUT2D eigenvalue weighted by Crippen LogP contribution is -2.06. The van der Waals surface area contributed by atoms with E-state index in [2.05, 4.69) is 20.9 Å². The summed E-state index contributed by atoms with van der Waals surface area (Å²) in [6.07, 6.45) is -3.84. The van der Waals surface area contributed by atoms with Crippen LogP contribution in [-0.4, -0.2) is 22.9 Å². The number of hydrogen-bond donors (Lipinski definition) is 0. The molecule has 0 aliphatic rings. The van der Waals surface area contributed by atoms with Crippen LogP contribution in [0.3, 0.4) is 0 Å². The first-order valence-corrected chi connectivity index (χ1v) is 8.71. The molecule has 0 radical (unpaired) electrons. The Labute approximate surface area is 143 Å². The zero-order valence-corrected chi connectivity index (χ0v) is 14.5. The lowest BCUT2D eigenvalue weighted by atomic mass is 10.1. The molecule has 0 atom stereocenters. The van der Waals surface area contributed by atoms with Crippen molar-refractivity contribution in [1.29, 1.82) is 0 Å². The molecule has 1 aromatic carbocycles. The van der Waals surface area contributed by atoms with E-state index in [4.69, 9.17) is 4.74 Å². The van der Waals surface area contributed by atoms with Gasteiger partial charge in [-0.2, -0.15) is 13.2 Å². The van der Waals surface area contributed by atoms with Gasteiger partial charge in [-0.25, -0.2) is 9.78 Å². The van der Waals surface area contributed by atoms with Gasteiger partial charge in [-0.05, 0) is 19.1 Å². The minimum absolute atomic E-state index is 0.250. The van der Waals surface area contributed by atoms with Crippen molar-refractivity contribution in [3.63, 3.8) is 0 Å². The SMILES string of the molecule is CCOC(=O)c1sc(-c2ccc(C(F)(F)F)cc2)nc1CCBr. The number of carbonyl (C=O) groups is 1. The van der Waals surface area contributed by atoms with Crippen LogP contribution >= 0.6 is 27.3 Å². The van der Waals surface area contributed by atoms with E-state index >= 15 is 0 Å². The van der Waals surface area contributed by atoms with Gasteiger partial charge in [-0.15, -0.1) is 11.3 Å². The van der Waals surface area contributed by atoms with E-state index in [1.54, 1.807) is 6.92 Å². The molecular formula is C15H13BrF3NO2S. The van der Waals surface area contributed by atoms with Crippen LogP contribution in [0.25, 0.3) is 10.6 Å². The van der Waals surface area contributed by atoms with E-state index in [9.17, 15) is 18.0 Å². The van der Waals surface area contributed by atoms with Crippen molar-refractivity contribution in [1.82, 2.24) is 4.98 Å². The predicted octanol–water partition coefficient (Wildman–Crippen LogP) is 4.94. The van der Waals surface area contributed by atoms with Crippen LogP contribution in [0.5, 0.6) is 0 Å². The fourth-order valence-electron chi connectivity index (χ4n) is 1.89. The average Bonchev–Trinajstić information content (AvgIpc) is 2.91. The third-order valence-corrected chi connectivity index (χ3v) is 4.47. The van der Waals surface area contributed by atoms with E-state index in [0.29, 0.717) is 32.9 Å². The minimum Gasteiger partial charge on any atom is -0.462 e. The van der Waals surface area contributed by atoms with Gasteiger partial charge in [0.1, 0.15) is 9.88 Å². The fraction of sp³-hybridized carbons (Fsp3) is 0.333. The maximum atomic E-state index is 12.6. The Morgan fingerprint density at radius 3 is 2.48 bits per heavy atom. The highest BCUT2D eigenvalue weighted by atomic mass is 79.9. The van der Waals surface area contributed by atoms with Crippen LogP contribution < -0.4 is 0 Å². The zero-order valence-electron chi connectivity index (χ0n) is 12.1. The highest BCUT2D eigenvalue weighted by Crippen LogP contribution is 2.33. The molecule has 0 saturated carbocycles. The van der Waals surface area contributed by atoms with Gasteiger partial charge in [0.2, 0.25) is 0 Å².